The highest BCUT2D eigenvalue weighted by Gasteiger charge is 2.52. The zero-order valence-corrected chi connectivity index (χ0v) is 23.7. The van der Waals surface area contributed by atoms with E-state index >= 15 is 0 Å². The van der Waals surface area contributed by atoms with Crippen LogP contribution in [0, 0.1) is 11.2 Å². The quantitative estimate of drug-likeness (QED) is 0.202. The van der Waals surface area contributed by atoms with Crippen LogP contribution in [0.15, 0.2) is 65.6 Å². The Morgan fingerprint density at radius 2 is 1.76 bits per heavy atom. The third-order valence-electron chi connectivity index (χ3n) is 8.01. The Hall–Kier alpha value is -4.41. The summed E-state index contributed by atoms with van der Waals surface area (Å²) in [7, 11) is -4.45. The number of alkyl halides is 6. The minimum absolute atomic E-state index is 0.000670. The molecule has 6 rings (SSSR count). The number of hydrogen-bond acceptors (Lipinski definition) is 7. The van der Waals surface area contributed by atoms with Crippen molar-refractivity contribution in [3.8, 4) is 5.69 Å². The Morgan fingerprint density at radius 3 is 2.44 bits per heavy atom. The van der Waals surface area contributed by atoms with E-state index in [1.165, 1.54) is 35.1 Å². The van der Waals surface area contributed by atoms with Gasteiger partial charge in [-0.2, -0.15) is 41.3 Å². The summed E-state index contributed by atoms with van der Waals surface area (Å²) >= 11 is 0. The minimum Gasteiger partial charge on any atom is -0.291 e. The van der Waals surface area contributed by atoms with Crippen LogP contribution < -0.4 is 0 Å². The monoisotopic (exact) mass is 654 g/mol. The van der Waals surface area contributed by atoms with E-state index in [9.17, 15) is 43.9 Å². The van der Waals surface area contributed by atoms with Crippen LogP contribution in [0.2, 0.25) is 0 Å². The molecule has 0 aliphatic heterocycles. The van der Waals surface area contributed by atoms with Crippen LogP contribution in [0.3, 0.4) is 0 Å². The lowest BCUT2D eigenvalue weighted by atomic mass is 9.61. The molecule has 1 fully saturated rings. The molecule has 3 aromatic heterocycles. The Labute approximate surface area is 250 Å². The molecule has 236 valence electrons. The van der Waals surface area contributed by atoms with Gasteiger partial charge in [-0.25, -0.2) is 17.5 Å². The molecule has 0 bridgehead atoms. The molecule has 45 heavy (non-hydrogen) atoms. The third kappa shape index (κ3) is 5.64. The van der Waals surface area contributed by atoms with E-state index in [4.69, 9.17) is 0 Å². The predicted octanol–water partition coefficient (Wildman–Crippen LogP) is 5.41. The number of pyridine rings is 1. The highest BCUT2D eigenvalue weighted by atomic mass is 32.2. The largest absolute Gasteiger partial charge is 0.416 e. The van der Waals surface area contributed by atoms with Crippen molar-refractivity contribution >= 4 is 21.7 Å². The summed E-state index contributed by atoms with van der Waals surface area (Å²) in [6.45, 7) is -1.62. The lowest BCUT2D eigenvalue weighted by Gasteiger charge is -2.43. The maximum Gasteiger partial charge on any atom is 0.416 e. The van der Waals surface area contributed by atoms with Gasteiger partial charge in [-0.3, -0.25) is 9.78 Å². The normalized spacial score (nSPS) is 20.3. The number of fused-ring (bicyclic) bond motifs is 2. The molecule has 3 heterocycles. The maximum atomic E-state index is 14.2. The standard InChI is InChI=1S/C28H21F7N6O3S/c29-19-2-4-20(5-3-19)41-23-10-17-1-6-21(45(43,44)24-14-37-40(39-24)15-27(30,31)32)12-26(17,11-16(23)13-38-41)25(42)22-9-18(7-8-36-22)28(33,34)35/h2-5,7-10,13-14,21H,1,6,11-12,15H2/t21-,26-/m0/s1. The fourth-order valence-corrected chi connectivity index (χ4v) is 7.59. The van der Waals surface area contributed by atoms with Crippen LogP contribution in [0.4, 0.5) is 30.7 Å². The van der Waals surface area contributed by atoms with Gasteiger partial charge in [-0.15, -0.1) is 5.10 Å². The van der Waals surface area contributed by atoms with Gasteiger partial charge in [0.1, 0.15) is 11.5 Å². The van der Waals surface area contributed by atoms with E-state index in [1.54, 1.807) is 6.08 Å². The maximum absolute atomic E-state index is 14.2. The van der Waals surface area contributed by atoms with Gasteiger partial charge in [-0.1, -0.05) is 5.57 Å². The van der Waals surface area contributed by atoms with Gasteiger partial charge in [0.05, 0.1) is 40.0 Å². The van der Waals surface area contributed by atoms with Crippen LogP contribution in [-0.4, -0.2) is 55.4 Å². The van der Waals surface area contributed by atoms with Gasteiger partial charge < -0.3 is 0 Å². The van der Waals surface area contributed by atoms with Crippen LogP contribution in [0.25, 0.3) is 11.8 Å². The van der Waals surface area contributed by atoms with Crippen molar-refractivity contribution in [1.82, 2.24) is 29.8 Å². The van der Waals surface area contributed by atoms with E-state index in [-0.39, 0.29) is 24.1 Å². The number of carbonyl (C=O) groups excluding carboxylic acids is 1. The molecule has 0 unspecified atom stereocenters. The number of sulfone groups is 1. The number of ketones is 1. The van der Waals surface area contributed by atoms with Crippen molar-refractivity contribution in [2.45, 2.75) is 54.9 Å². The average molecular weight is 655 g/mol. The van der Waals surface area contributed by atoms with Crippen molar-refractivity contribution < 1.29 is 43.9 Å². The number of nitrogens with zero attached hydrogens (tertiary/aromatic N) is 6. The molecule has 17 heteroatoms. The predicted molar refractivity (Wildman–Crippen MR) is 142 cm³/mol. The SMILES string of the molecule is O=C(c1cc(C(F)(F)F)ccn1)[C@]12Cc3cnn(-c4ccc(F)cc4)c3C=C1CC[C@H](S(=O)(=O)c1cnn(CC(F)(F)F)n1)C2. The van der Waals surface area contributed by atoms with Crippen molar-refractivity contribution in [2.24, 2.45) is 5.41 Å². The van der Waals surface area contributed by atoms with Crippen LogP contribution in [0.1, 0.15) is 46.6 Å². The molecule has 2 aliphatic rings. The number of rotatable bonds is 6. The Bertz CT molecular complexity index is 1930. The van der Waals surface area contributed by atoms with E-state index in [2.05, 4.69) is 20.3 Å². The zero-order chi connectivity index (χ0) is 32.4. The average Bonchev–Trinajstić information content (AvgIpc) is 3.61. The highest BCUT2D eigenvalue weighted by molar-refractivity contribution is 7.92. The van der Waals surface area contributed by atoms with E-state index in [0.29, 0.717) is 40.8 Å². The first-order valence-corrected chi connectivity index (χ1v) is 14.9. The van der Waals surface area contributed by atoms with Crippen molar-refractivity contribution in [2.75, 3.05) is 0 Å². The van der Waals surface area contributed by atoms with Gasteiger partial charge in [0.25, 0.3) is 0 Å². The zero-order valence-electron chi connectivity index (χ0n) is 22.8. The first kappa shape index (κ1) is 30.6. The van der Waals surface area contributed by atoms with Crippen LogP contribution in [0.5, 0.6) is 0 Å². The van der Waals surface area contributed by atoms with Crippen LogP contribution in [-0.2, 0) is 29.0 Å². The lowest BCUT2D eigenvalue weighted by molar-refractivity contribution is -0.145. The molecular formula is C28H21F7N6O3S. The number of aromatic nitrogens is 6. The number of carbonyl (C=O) groups is 1. The second-order valence-electron chi connectivity index (χ2n) is 10.9. The summed E-state index contributed by atoms with van der Waals surface area (Å²) in [5, 5.41) is 9.23. The van der Waals surface area contributed by atoms with Crippen LogP contribution >= 0.6 is 0 Å². The molecule has 2 atom stereocenters. The molecule has 0 radical (unpaired) electrons. The van der Waals surface area contributed by atoms with Gasteiger partial charge in [-0.05, 0) is 73.7 Å². The summed E-state index contributed by atoms with van der Waals surface area (Å²) in [6.07, 6.45) is -5.53. The number of Topliss-reactive ketones (excluding diaryl/α,β-unsaturated/α-hetero) is 1. The van der Waals surface area contributed by atoms with Gasteiger partial charge in [0.2, 0.25) is 9.84 Å². The summed E-state index contributed by atoms with van der Waals surface area (Å²) in [6, 6.07) is 6.73. The first-order valence-electron chi connectivity index (χ1n) is 13.4. The van der Waals surface area contributed by atoms with Crippen molar-refractivity contribution in [3.05, 3.63) is 88.9 Å². The summed E-state index contributed by atoms with van der Waals surface area (Å²) in [4.78, 5) is 18.3. The summed E-state index contributed by atoms with van der Waals surface area (Å²) in [5.41, 5.74) is -1.42. The molecule has 4 aromatic rings. The molecule has 2 aliphatic carbocycles. The van der Waals surface area contributed by atoms with Crippen molar-refractivity contribution in [3.63, 3.8) is 0 Å². The Balaban J connectivity index is 1.43. The second kappa shape index (κ2) is 10.6. The smallest absolute Gasteiger partial charge is 0.291 e. The topological polar surface area (TPSA) is 113 Å². The number of benzene rings is 1. The number of hydrogen-bond donors (Lipinski definition) is 0. The third-order valence-corrected chi connectivity index (χ3v) is 10.1. The first-order chi connectivity index (χ1) is 21.1. The minimum atomic E-state index is -4.79. The molecule has 0 N–H and O–H groups in total. The van der Waals surface area contributed by atoms with E-state index in [0.717, 1.165) is 6.20 Å². The molecule has 1 aromatic carbocycles. The fourth-order valence-electron chi connectivity index (χ4n) is 5.91. The molecule has 1 saturated carbocycles. The van der Waals surface area contributed by atoms with Gasteiger partial charge >= 0.3 is 12.4 Å². The number of halogens is 7. The molecule has 9 nitrogen and oxygen atoms in total. The lowest BCUT2D eigenvalue weighted by Crippen LogP contribution is -2.46. The summed E-state index contributed by atoms with van der Waals surface area (Å²) in [5.74, 6) is -1.32. The Morgan fingerprint density at radius 1 is 1.02 bits per heavy atom. The van der Waals surface area contributed by atoms with E-state index in [1.807, 2.05) is 0 Å². The highest BCUT2D eigenvalue weighted by Crippen LogP contribution is 2.52. The molecule has 0 spiro atoms. The van der Waals surface area contributed by atoms with Gasteiger partial charge in [0.15, 0.2) is 17.4 Å². The summed E-state index contributed by atoms with van der Waals surface area (Å²) < 4.78 is 122. The fraction of sp³-hybridized carbons (Fsp3) is 0.321. The molecule has 0 amide bonds. The number of allylic oxidation sites excluding steroid dienone is 1. The van der Waals surface area contributed by atoms with Crippen molar-refractivity contribution in [1.29, 1.82) is 0 Å². The van der Waals surface area contributed by atoms with E-state index < -0.39 is 73.7 Å². The Kier molecular flexibility index (Phi) is 7.21. The van der Waals surface area contributed by atoms with Gasteiger partial charge in [0, 0.05) is 6.20 Å². The second-order valence-corrected chi connectivity index (χ2v) is 13.0. The molecular weight excluding hydrogens is 633 g/mol. The molecule has 0 saturated heterocycles.